The molecule has 104 valence electrons. The van der Waals surface area contributed by atoms with E-state index in [9.17, 15) is 10.1 Å². The molecule has 0 saturated heterocycles. The number of anilines is 1. The van der Waals surface area contributed by atoms with E-state index in [0.29, 0.717) is 11.1 Å². The van der Waals surface area contributed by atoms with Crippen LogP contribution in [-0.4, -0.2) is 16.5 Å². The van der Waals surface area contributed by atoms with Gasteiger partial charge in [-0.3, -0.25) is 10.1 Å². The molecule has 1 fully saturated rings. The second kappa shape index (κ2) is 4.74. The molecule has 2 aromatic rings. The van der Waals surface area contributed by atoms with E-state index in [1.807, 2.05) is 24.3 Å². The molecule has 3 rings (SSSR count). The van der Waals surface area contributed by atoms with E-state index in [-0.39, 0.29) is 10.6 Å². The molecule has 1 aliphatic carbocycles. The van der Waals surface area contributed by atoms with Crippen LogP contribution in [0.3, 0.4) is 0 Å². The van der Waals surface area contributed by atoms with Gasteiger partial charge in [0, 0.05) is 11.9 Å². The first-order valence-electron chi connectivity index (χ1n) is 6.91. The van der Waals surface area contributed by atoms with E-state index in [4.69, 9.17) is 0 Å². The third-order valence-corrected chi connectivity index (χ3v) is 4.30. The van der Waals surface area contributed by atoms with Crippen molar-refractivity contribution in [1.29, 1.82) is 0 Å². The highest BCUT2D eigenvalue weighted by Crippen LogP contribution is 2.49. The second-order valence-corrected chi connectivity index (χ2v) is 5.50. The standard InChI is InChI=1S/C15H17N3O2/c1-2-15(7-8-15)10-17-14-11-5-3-4-6-12(11)16-9-13(14)18(19)20/h3-6,9H,2,7-8,10H2,1H3,(H,16,17). The molecular weight excluding hydrogens is 254 g/mol. The lowest BCUT2D eigenvalue weighted by Gasteiger charge is -2.15. The summed E-state index contributed by atoms with van der Waals surface area (Å²) >= 11 is 0. The molecule has 1 N–H and O–H groups in total. The Kier molecular flexibility index (Phi) is 3.04. The molecule has 20 heavy (non-hydrogen) atoms. The molecule has 1 aromatic carbocycles. The van der Waals surface area contributed by atoms with Gasteiger partial charge in [-0.05, 0) is 30.7 Å². The van der Waals surface area contributed by atoms with Crippen molar-refractivity contribution in [2.24, 2.45) is 5.41 Å². The average Bonchev–Trinajstić information content (AvgIpc) is 3.25. The number of hydrogen-bond acceptors (Lipinski definition) is 4. The molecule has 0 radical (unpaired) electrons. The van der Waals surface area contributed by atoms with Gasteiger partial charge in [0.05, 0.1) is 10.4 Å². The maximum Gasteiger partial charge on any atom is 0.311 e. The maximum absolute atomic E-state index is 11.2. The van der Waals surface area contributed by atoms with Gasteiger partial charge in [-0.25, -0.2) is 4.98 Å². The minimum Gasteiger partial charge on any atom is -0.378 e. The smallest absolute Gasteiger partial charge is 0.311 e. The topological polar surface area (TPSA) is 68.1 Å². The summed E-state index contributed by atoms with van der Waals surface area (Å²) < 4.78 is 0. The average molecular weight is 271 g/mol. The first kappa shape index (κ1) is 12.8. The fraction of sp³-hybridized carbons (Fsp3) is 0.400. The molecule has 1 saturated carbocycles. The van der Waals surface area contributed by atoms with Crippen molar-refractivity contribution >= 4 is 22.3 Å². The largest absolute Gasteiger partial charge is 0.378 e. The lowest BCUT2D eigenvalue weighted by atomic mass is 10.0. The van der Waals surface area contributed by atoms with Gasteiger partial charge in [-0.1, -0.05) is 25.1 Å². The molecule has 0 spiro atoms. The Hall–Kier alpha value is -2.17. The summed E-state index contributed by atoms with van der Waals surface area (Å²) in [4.78, 5) is 15.0. The van der Waals surface area contributed by atoms with E-state index in [1.54, 1.807) is 0 Å². The number of aromatic nitrogens is 1. The highest BCUT2D eigenvalue weighted by molar-refractivity contribution is 5.95. The second-order valence-electron chi connectivity index (χ2n) is 5.50. The van der Waals surface area contributed by atoms with E-state index in [1.165, 1.54) is 19.0 Å². The van der Waals surface area contributed by atoms with Crippen molar-refractivity contribution in [2.75, 3.05) is 11.9 Å². The molecule has 0 bridgehead atoms. The summed E-state index contributed by atoms with van der Waals surface area (Å²) in [7, 11) is 0. The summed E-state index contributed by atoms with van der Waals surface area (Å²) in [5.41, 5.74) is 1.76. The van der Waals surface area contributed by atoms with Crippen LogP contribution in [0.5, 0.6) is 0 Å². The van der Waals surface area contributed by atoms with Crippen molar-refractivity contribution in [3.63, 3.8) is 0 Å². The molecule has 1 aromatic heterocycles. The number of nitrogens with zero attached hydrogens (tertiary/aromatic N) is 2. The van der Waals surface area contributed by atoms with Gasteiger partial charge >= 0.3 is 5.69 Å². The van der Waals surface area contributed by atoms with Crippen LogP contribution in [0.2, 0.25) is 0 Å². The number of benzene rings is 1. The fourth-order valence-electron chi connectivity index (χ4n) is 2.56. The van der Waals surface area contributed by atoms with Gasteiger partial charge in [0.2, 0.25) is 0 Å². The molecule has 1 heterocycles. The van der Waals surface area contributed by atoms with Crippen LogP contribution in [-0.2, 0) is 0 Å². The van der Waals surface area contributed by atoms with Crippen LogP contribution in [0.4, 0.5) is 11.4 Å². The summed E-state index contributed by atoms with van der Waals surface area (Å²) in [6, 6.07) is 7.52. The van der Waals surface area contributed by atoms with Crippen LogP contribution >= 0.6 is 0 Å². The zero-order chi connectivity index (χ0) is 14.2. The number of fused-ring (bicyclic) bond motifs is 1. The Labute approximate surface area is 117 Å². The van der Waals surface area contributed by atoms with Crippen molar-refractivity contribution in [3.05, 3.63) is 40.6 Å². The quantitative estimate of drug-likeness (QED) is 0.664. The summed E-state index contributed by atoms with van der Waals surface area (Å²) in [6.07, 6.45) is 4.85. The van der Waals surface area contributed by atoms with E-state index in [0.717, 1.165) is 23.9 Å². The van der Waals surface area contributed by atoms with Gasteiger partial charge in [-0.2, -0.15) is 0 Å². The summed E-state index contributed by atoms with van der Waals surface area (Å²) in [5.74, 6) is 0. The van der Waals surface area contributed by atoms with Crippen LogP contribution in [0.25, 0.3) is 10.9 Å². The summed E-state index contributed by atoms with van der Waals surface area (Å²) in [6.45, 7) is 2.96. The van der Waals surface area contributed by atoms with E-state index < -0.39 is 0 Å². The fourth-order valence-corrected chi connectivity index (χ4v) is 2.56. The Balaban J connectivity index is 2.01. The van der Waals surface area contributed by atoms with Gasteiger partial charge < -0.3 is 5.32 Å². The number of para-hydroxylation sites is 1. The minimum absolute atomic E-state index is 0.0515. The van der Waals surface area contributed by atoms with Crippen LogP contribution in [0.15, 0.2) is 30.5 Å². The third kappa shape index (κ3) is 2.19. The van der Waals surface area contributed by atoms with Crippen molar-refractivity contribution in [2.45, 2.75) is 26.2 Å². The van der Waals surface area contributed by atoms with E-state index in [2.05, 4.69) is 17.2 Å². The monoisotopic (exact) mass is 271 g/mol. The highest BCUT2D eigenvalue weighted by atomic mass is 16.6. The van der Waals surface area contributed by atoms with Crippen molar-refractivity contribution < 1.29 is 4.92 Å². The zero-order valence-electron chi connectivity index (χ0n) is 11.4. The predicted molar refractivity (Wildman–Crippen MR) is 78.8 cm³/mol. The Bertz CT molecular complexity index is 665. The summed E-state index contributed by atoms with van der Waals surface area (Å²) in [5, 5.41) is 15.3. The number of pyridine rings is 1. The molecule has 1 aliphatic rings. The number of nitro groups is 1. The highest BCUT2D eigenvalue weighted by Gasteiger charge is 2.40. The predicted octanol–water partition coefficient (Wildman–Crippen LogP) is 3.75. The SMILES string of the molecule is CCC1(CNc2c([N+](=O)[O-])cnc3ccccc23)CC1. The van der Waals surface area contributed by atoms with Crippen LogP contribution in [0, 0.1) is 15.5 Å². The van der Waals surface area contributed by atoms with Crippen molar-refractivity contribution in [1.82, 2.24) is 4.98 Å². The molecule has 0 amide bonds. The van der Waals surface area contributed by atoms with Gasteiger partial charge in [-0.15, -0.1) is 0 Å². The van der Waals surface area contributed by atoms with Gasteiger partial charge in [0.1, 0.15) is 11.9 Å². The Morgan fingerprint density at radius 1 is 1.40 bits per heavy atom. The minimum atomic E-state index is -0.368. The van der Waals surface area contributed by atoms with Crippen molar-refractivity contribution in [3.8, 4) is 0 Å². The molecule has 0 unspecified atom stereocenters. The Morgan fingerprint density at radius 3 is 2.80 bits per heavy atom. The molecule has 0 atom stereocenters. The Morgan fingerprint density at radius 2 is 2.15 bits per heavy atom. The van der Waals surface area contributed by atoms with Crippen LogP contribution < -0.4 is 5.32 Å². The zero-order valence-corrected chi connectivity index (χ0v) is 11.4. The maximum atomic E-state index is 11.2. The normalized spacial score (nSPS) is 16.1. The molecule has 0 aliphatic heterocycles. The first-order chi connectivity index (χ1) is 9.65. The van der Waals surface area contributed by atoms with E-state index >= 15 is 0 Å². The van der Waals surface area contributed by atoms with Gasteiger partial charge in [0.25, 0.3) is 0 Å². The first-order valence-corrected chi connectivity index (χ1v) is 6.91. The molecular formula is C15H17N3O2. The lowest BCUT2D eigenvalue weighted by Crippen LogP contribution is -2.15. The number of nitrogens with one attached hydrogen (secondary N) is 1. The third-order valence-electron chi connectivity index (χ3n) is 4.30. The van der Waals surface area contributed by atoms with Crippen LogP contribution in [0.1, 0.15) is 26.2 Å². The number of hydrogen-bond donors (Lipinski definition) is 1. The molecule has 5 heteroatoms. The lowest BCUT2D eigenvalue weighted by molar-refractivity contribution is -0.384. The number of rotatable bonds is 5. The van der Waals surface area contributed by atoms with Gasteiger partial charge in [0.15, 0.2) is 0 Å². The molecule has 5 nitrogen and oxygen atoms in total.